The fraction of sp³-hybridized carbons (Fsp3) is 0.762. The highest BCUT2D eigenvalue weighted by Gasteiger charge is 2.39. The number of aromatic nitrogens is 1. The van der Waals surface area contributed by atoms with Crippen molar-refractivity contribution in [1.29, 1.82) is 0 Å². The zero-order chi connectivity index (χ0) is 19.5. The van der Waals surface area contributed by atoms with Gasteiger partial charge in [0.05, 0.1) is 5.01 Å². The van der Waals surface area contributed by atoms with Crippen LogP contribution in [-0.4, -0.2) is 58.4 Å². The Morgan fingerprint density at radius 1 is 1.11 bits per heavy atom. The Bertz CT molecular complexity index is 688. The average Bonchev–Trinajstić information content (AvgIpc) is 3.43. The van der Waals surface area contributed by atoms with Crippen LogP contribution in [0.1, 0.15) is 86.1 Å². The van der Waals surface area contributed by atoms with Crippen LogP contribution in [0.25, 0.3) is 0 Å². The number of amides is 3. The van der Waals surface area contributed by atoms with Crippen LogP contribution < -0.4 is 5.32 Å². The number of carbonyl (C=O) groups excluding carboxylic acids is 2. The number of nitrogens with one attached hydrogen (secondary N) is 1. The van der Waals surface area contributed by atoms with E-state index in [-0.39, 0.29) is 11.9 Å². The minimum Gasteiger partial charge on any atom is -0.338 e. The van der Waals surface area contributed by atoms with Crippen molar-refractivity contribution in [2.45, 2.75) is 82.7 Å². The quantitative estimate of drug-likeness (QED) is 0.807. The Morgan fingerprint density at radius 2 is 1.79 bits per heavy atom. The van der Waals surface area contributed by atoms with Gasteiger partial charge in [-0.1, -0.05) is 19.3 Å². The fourth-order valence-corrected chi connectivity index (χ4v) is 5.60. The molecule has 6 nitrogen and oxygen atoms in total. The lowest BCUT2D eigenvalue weighted by Crippen LogP contribution is -2.44. The van der Waals surface area contributed by atoms with Gasteiger partial charge >= 0.3 is 6.03 Å². The van der Waals surface area contributed by atoms with Gasteiger partial charge < -0.3 is 15.1 Å². The summed E-state index contributed by atoms with van der Waals surface area (Å²) in [6, 6.07) is 0.892. The molecule has 1 N–H and O–H groups in total. The molecule has 3 amide bonds. The highest BCUT2D eigenvalue weighted by Crippen LogP contribution is 2.36. The van der Waals surface area contributed by atoms with E-state index in [1.807, 2.05) is 17.2 Å². The molecule has 154 valence electrons. The Morgan fingerprint density at radius 3 is 2.43 bits per heavy atom. The molecule has 0 aromatic carbocycles. The maximum absolute atomic E-state index is 13.2. The lowest BCUT2D eigenvalue weighted by atomic mass is 9.94. The number of likely N-dealkylation sites (tertiary alicyclic amines) is 1. The maximum Gasteiger partial charge on any atom is 0.317 e. The first-order chi connectivity index (χ1) is 13.7. The lowest BCUT2D eigenvalue weighted by molar-refractivity contribution is 0.0608. The molecule has 3 fully saturated rings. The number of rotatable bonds is 5. The third kappa shape index (κ3) is 4.34. The second-order valence-electron chi connectivity index (χ2n) is 8.40. The number of piperidine rings is 1. The zero-order valence-electron chi connectivity index (χ0n) is 16.9. The van der Waals surface area contributed by atoms with Crippen molar-refractivity contribution >= 4 is 23.3 Å². The van der Waals surface area contributed by atoms with Crippen LogP contribution in [0, 0.1) is 0 Å². The molecule has 0 spiro atoms. The minimum atomic E-state index is 0.0310. The molecule has 7 heteroatoms. The topological polar surface area (TPSA) is 65.5 Å². The molecular formula is C21H32N4O2S. The van der Waals surface area contributed by atoms with Crippen molar-refractivity contribution in [3.63, 3.8) is 0 Å². The van der Waals surface area contributed by atoms with Crippen LogP contribution in [-0.2, 0) is 0 Å². The van der Waals surface area contributed by atoms with Gasteiger partial charge in [0.25, 0.3) is 5.91 Å². The van der Waals surface area contributed by atoms with E-state index in [0.717, 1.165) is 56.6 Å². The Labute approximate surface area is 171 Å². The first-order valence-electron chi connectivity index (χ1n) is 11.0. The SMILES string of the molecule is CCNC(=O)N1CCC(c2nc(C(=O)N(C3CCCCC3)C3CC3)cs2)CC1. The molecule has 0 atom stereocenters. The van der Waals surface area contributed by atoms with E-state index in [9.17, 15) is 9.59 Å². The monoisotopic (exact) mass is 404 g/mol. The number of carbonyl (C=O) groups is 2. The number of thiazole rings is 1. The molecule has 1 aromatic heterocycles. The van der Waals surface area contributed by atoms with Crippen molar-refractivity contribution in [2.75, 3.05) is 19.6 Å². The summed E-state index contributed by atoms with van der Waals surface area (Å²) in [5.74, 6) is 0.512. The van der Waals surface area contributed by atoms with Gasteiger partial charge in [0.1, 0.15) is 5.69 Å². The number of hydrogen-bond acceptors (Lipinski definition) is 4. The van der Waals surface area contributed by atoms with Gasteiger partial charge in [0, 0.05) is 43.0 Å². The van der Waals surface area contributed by atoms with Crippen LogP contribution in [0.15, 0.2) is 5.38 Å². The summed E-state index contributed by atoms with van der Waals surface area (Å²) in [6.07, 6.45) is 10.2. The van der Waals surface area contributed by atoms with Crippen molar-refractivity contribution in [3.8, 4) is 0 Å². The normalized spacial score (nSPS) is 21.5. The number of nitrogens with zero attached hydrogens (tertiary/aromatic N) is 3. The van der Waals surface area contributed by atoms with Crippen LogP contribution >= 0.6 is 11.3 Å². The van der Waals surface area contributed by atoms with Crippen LogP contribution in [0.5, 0.6) is 0 Å². The second-order valence-corrected chi connectivity index (χ2v) is 9.29. The average molecular weight is 405 g/mol. The van der Waals surface area contributed by atoms with Gasteiger partial charge in [-0.25, -0.2) is 9.78 Å². The van der Waals surface area contributed by atoms with E-state index in [1.165, 1.54) is 19.3 Å². The molecule has 3 aliphatic rings. The predicted molar refractivity (Wildman–Crippen MR) is 111 cm³/mol. The first kappa shape index (κ1) is 19.7. The molecule has 1 aliphatic heterocycles. The van der Waals surface area contributed by atoms with Gasteiger partial charge in [0.2, 0.25) is 0 Å². The van der Waals surface area contributed by atoms with Crippen LogP contribution in [0.4, 0.5) is 4.79 Å². The molecule has 1 saturated heterocycles. The Balaban J connectivity index is 1.38. The van der Waals surface area contributed by atoms with E-state index in [1.54, 1.807) is 11.3 Å². The van der Waals surface area contributed by atoms with Crippen molar-refractivity contribution < 1.29 is 9.59 Å². The standard InChI is InChI=1S/C21H32N4O2S/c1-2-22-21(27)24-12-10-15(11-13-24)19-23-18(14-28-19)20(26)25(17-8-9-17)16-6-4-3-5-7-16/h14-17H,2-13H2,1H3,(H,22,27). The van der Waals surface area contributed by atoms with Gasteiger partial charge in [-0.2, -0.15) is 0 Å². The summed E-state index contributed by atoms with van der Waals surface area (Å²) in [5, 5.41) is 5.90. The fourth-order valence-electron chi connectivity index (χ4n) is 4.64. The minimum absolute atomic E-state index is 0.0310. The smallest absolute Gasteiger partial charge is 0.317 e. The Kier molecular flexibility index (Phi) is 6.19. The molecule has 2 saturated carbocycles. The van der Waals surface area contributed by atoms with Crippen LogP contribution in [0.2, 0.25) is 0 Å². The van der Waals surface area contributed by atoms with E-state index < -0.39 is 0 Å². The number of hydrogen-bond donors (Lipinski definition) is 1. The number of urea groups is 1. The molecule has 0 unspecified atom stereocenters. The van der Waals surface area contributed by atoms with Gasteiger partial charge in [0.15, 0.2) is 0 Å². The largest absolute Gasteiger partial charge is 0.338 e. The van der Waals surface area contributed by atoms with E-state index in [0.29, 0.717) is 30.2 Å². The molecule has 0 radical (unpaired) electrons. The molecule has 2 heterocycles. The van der Waals surface area contributed by atoms with Crippen molar-refractivity contribution in [2.24, 2.45) is 0 Å². The summed E-state index contributed by atoms with van der Waals surface area (Å²) in [4.78, 5) is 34.1. The van der Waals surface area contributed by atoms with Crippen molar-refractivity contribution in [3.05, 3.63) is 16.1 Å². The third-order valence-corrected chi connectivity index (χ3v) is 7.35. The highest BCUT2D eigenvalue weighted by molar-refractivity contribution is 7.09. The molecule has 4 rings (SSSR count). The van der Waals surface area contributed by atoms with E-state index >= 15 is 0 Å². The second kappa shape index (κ2) is 8.80. The summed E-state index contributed by atoms with van der Waals surface area (Å²) < 4.78 is 0. The first-order valence-corrected chi connectivity index (χ1v) is 11.9. The lowest BCUT2D eigenvalue weighted by Gasteiger charge is -2.34. The summed E-state index contributed by atoms with van der Waals surface area (Å²) in [7, 11) is 0. The molecule has 1 aromatic rings. The summed E-state index contributed by atoms with van der Waals surface area (Å²) in [6.45, 7) is 4.12. The summed E-state index contributed by atoms with van der Waals surface area (Å²) >= 11 is 1.62. The summed E-state index contributed by atoms with van der Waals surface area (Å²) in [5.41, 5.74) is 0.642. The van der Waals surface area contributed by atoms with Gasteiger partial charge in [-0.15, -0.1) is 11.3 Å². The van der Waals surface area contributed by atoms with Gasteiger partial charge in [-0.3, -0.25) is 4.79 Å². The molecule has 28 heavy (non-hydrogen) atoms. The molecule has 0 bridgehead atoms. The van der Waals surface area contributed by atoms with Crippen LogP contribution in [0.3, 0.4) is 0 Å². The maximum atomic E-state index is 13.2. The Hall–Kier alpha value is -1.63. The van der Waals surface area contributed by atoms with E-state index in [2.05, 4.69) is 10.2 Å². The third-order valence-electron chi connectivity index (χ3n) is 6.34. The highest BCUT2D eigenvalue weighted by atomic mass is 32.1. The molecular weight excluding hydrogens is 372 g/mol. The predicted octanol–water partition coefficient (Wildman–Crippen LogP) is 3.99. The van der Waals surface area contributed by atoms with Crippen molar-refractivity contribution in [1.82, 2.24) is 20.1 Å². The van der Waals surface area contributed by atoms with Gasteiger partial charge in [-0.05, 0) is 45.4 Å². The van der Waals surface area contributed by atoms with E-state index in [4.69, 9.17) is 4.98 Å². The zero-order valence-corrected chi connectivity index (χ0v) is 17.7. The molecule has 2 aliphatic carbocycles.